The van der Waals surface area contributed by atoms with Gasteiger partial charge < -0.3 is 16.0 Å². The van der Waals surface area contributed by atoms with Gasteiger partial charge >= 0.3 is 6.03 Å². The van der Waals surface area contributed by atoms with Crippen molar-refractivity contribution in [1.82, 2.24) is 20.9 Å². The van der Waals surface area contributed by atoms with Gasteiger partial charge in [0.15, 0.2) is 0 Å². The number of nitrogens with zero attached hydrogens (tertiary/aromatic N) is 2. The highest BCUT2D eigenvalue weighted by molar-refractivity contribution is 8.01. The Morgan fingerprint density at radius 1 is 1.34 bits per heavy atom. The number of hydrogen-bond acceptors (Lipinski definition) is 5. The average Bonchev–Trinajstić information content (AvgIpc) is 3.09. The molecular formula is C21H23N5O2S. The number of aryl methyl sites for hydroxylation is 1. The molecule has 3 aliphatic rings. The van der Waals surface area contributed by atoms with Crippen molar-refractivity contribution in [2.75, 3.05) is 18.0 Å². The van der Waals surface area contributed by atoms with Crippen molar-refractivity contribution in [2.45, 2.75) is 42.1 Å². The zero-order valence-corrected chi connectivity index (χ0v) is 17.0. The lowest BCUT2D eigenvalue weighted by Gasteiger charge is -2.34. The number of nitrogens with one attached hydrogen (secondary N) is 3. The quantitative estimate of drug-likeness (QED) is 0.726. The molecule has 8 heteroatoms. The van der Waals surface area contributed by atoms with E-state index in [1.54, 1.807) is 11.1 Å². The Morgan fingerprint density at radius 3 is 3.03 bits per heavy atom. The molecular weight excluding hydrogens is 386 g/mol. The number of anilines is 2. The minimum absolute atomic E-state index is 0.0399. The van der Waals surface area contributed by atoms with Crippen LogP contribution in [0.25, 0.3) is 0 Å². The molecule has 1 fully saturated rings. The first-order valence-electron chi connectivity index (χ1n) is 9.96. The van der Waals surface area contributed by atoms with Crippen LogP contribution in [0.4, 0.5) is 16.2 Å². The number of amides is 3. The van der Waals surface area contributed by atoms with E-state index in [0.29, 0.717) is 0 Å². The van der Waals surface area contributed by atoms with Crippen LogP contribution in [0.2, 0.25) is 0 Å². The van der Waals surface area contributed by atoms with E-state index in [1.807, 2.05) is 37.3 Å². The molecule has 7 nitrogen and oxygen atoms in total. The fourth-order valence-corrected chi connectivity index (χ4v) is 5.54. The largest absolute Gasteiger partial charge is 0.351 e. The Balaban J connectivity index is 1.46. The normalized spacial score (nSPS) is 25.3. The van der Waals surface area contributed by atoms with Gasteiger partial charge in [-0.3, -0.25) is 9.69 Å². The molecule has 0 saturated carbocycles. The number of carbonyl (C=O) groups is 2. The van der Waals surface area contributed by atoms with Crippen LogP contribution in [0.5, 0.6) is 0 Å². The van der Waals surface area contributed by atoms with Crippen LogP contribution in [0.1, 0.15) is 30.0 Å². The van der Waals surface area contributed by atoms with Gasteiger partial charge in [-0.15, -0.1) is 0 Å². The van der Waals surface area contributed by atoms with E-state index in [2.05, 4.69) is 20.9 Å². The van der Waals surface area contributed by atoms with E-state index < -0.39 is 5.25 Å². The summed E-state index contributed by atoms with van der Waals surface area (Å²) >= 11 is 1.44. The second kappa shape index (κ2) is 7.35. The average molecular weight is 410 g/mol. The molecule has 1 aromatic carbocycles. The van der Waals surface area contributed by atoms with Crippen molar-refractivity contribution >= 4 is 35.1 Å². The molecule has 3 N–H and O–H groups in total. The third kappa shape index (κ3) is 3.26. The Labute approximate surface area is 173 Å². The smallest absolute Gasteiger partial charge is 0.327 e. The lowest BCUT2D eigenvalue weighted by atomic mass is 9.99. The van der Waals surface area contributed by atoms with Gasteiger partial charge in [0.05, 0.1) is 17.4 Å². The SMILES string of the molecule is Cc1cccc(N2C(=O)NC3c4c2ccnc4SC3C(=O)N[C@@H]2CCCNC2)c1. The summed E-state index contributed by atoms with van der Waals surface area (Å²) in [6.07, 6.45) is 3.75. The summed E-state index contributed by atoms with van der Waals surface area (Å²) in [4.78, 5) is 32.3. The Morgan fingerprint density at radius 2 is 2.24 bits per heavy atom. The van der Waals surface area contributed by atoms with E-state index in [0.717, 1.165) is 53.5 Å². The molecule has 29 heavy (non-hydrogen) atoms. The van der Waals surface area contributed by atoms with E-state index in [-0.39, 0.29) is 24.0 Å². The predicted octanol–water partition coefficient (Wildman–Crippen LogP) is 2.63. The van der Waals surface area contributed by atoms with E-state index in [1.165, 1.54) is 11.8 Å². The summed E-state index contributed by atoms with van der Waals surface area (Å²) in [5.41, 5.74) is 3.62. The molecule has 2 aromatic rings. The van der Waals surface area contributed by atoms with Crippen LogP contribution in [-0.2, 0) is 4.79 Å². The van der Waals surface area contributed by atoms with Crippen molar-refractivity contribution in [3.63, 3.8) is 0 Å². The number of rotatable bonds is 3. The zero-order chi connectivity index (χ0) is 20.0. The van der Waals surface area contributed by atoms with Gasteiger partial charge in [-0.2, -0.15) is 0 Å². The minimum Gasteiger partial charge on any atom is -0.351 e. The summed E-state index contributed by atoms with van der Waals surface area (Å²) in [7, 11) is 0. The summed E-state index contributed by atoms with van der Waals surface area (Å²) in [5.74, 6) is -0.0399. The lowest BCUT2D eigenvalue weighted by Crippen LogP contribution is -2.52. The number of pyridine rings is 1. The fourth-order valence-electron chi connectivity index (χ4n) is 4.31. The number of carbonyl (C=O) groups excluding carboxylic acids is 2. The summed E-state index contributed by atoms with van der Waals surface area (Å²) in [6, 6.07) is 9.25. The number of aromatic nitrogens is 1. The maximum atomic E-state index is 13.1. The molecule has 3 atom stereocenters. The van der Waals surface area contributed by atoms with E-state index >= 15 is 0 Å². The molecule has 1 aromatic heterocycles. The summed E-state index contributed by atoms with van der Waals surface area (Å²) in [6.45, 7) is 3.79. The first-order chi connectivity index (χ1) is 14.1. The van der Waals surface area contributed by atoms with Crippen LogP contribution in [0, 0.1) is 6.92 Å². The van der Waals surface area contributed by atoms with E-state index in [4.69, 9.17) is 0 Å². The van der Waals surface area contributed by atoms with Gasteiger partial charge in [-0.25, -0.2) is 9.78 Å². The second-order valence-electron chi connectivity index (χ2n) is 7.74. The van der Waals surface area contributed by atoms with Gasteiger partial charge in [0.2, 0.25) is 5.91 Å². The monoisotopic (exact) mass is 409 g/mol. The molecule has 150 valence electrons. The van der Waals surface area contributed by atoms with Gasteiger partial charge in [-0.1, -0.05) is 23.9 Å². The molecule has 0 aliphatic carbocycles. The first-order valence-corrected chi connectivity index (χ1v) is 10.8. The van der Waals surface area contributed by atoms with Gasteiger partial charge in [-0.05, 0) is 50.1 Å². The number of piperidine rings is 1. The molecule has 3 amide bonds. The van der Waals surface area contributed by atoms with Crippen LogP contribution >= 0.6 is 11.8 Å². The van der Waals surface area contributed by atoms with Crippen molar-refractivity contribution in [3.05, 3.63) is 47.7 Å². The van der Waals surface area contributed by atoms with Gasteiger partial charge in [0.25, 0.3) is 0 Å². The van der Waals surface area contributed by atoms with E-state index in [9.17, 15) is 9.59 Å². The topological polar surface area (TPSA) is 86.4 Å². The number of urea groups is 1. The van der Waals surface area contributed by atoms with Crippen LogP contribution in [-0.4, -0.2) is 41.3 Å². The number of thioether (sulfide) groups is 1. The molecule has 0 bridgehead atoms. The molecule has 2 unspecified atom stereocenters. The molecule has 3 aliphatic heterocycles. The first kappa shape index (κ1) is 18.4. The van der Waals surface area contributed by atoms with Crippen molar-refractivity contribution in [2.24, 2.45) is 0 Å². The minimum atomic E-state index is -0.413. The molecule has 0 radical (unpaired) electrons. The summed E-state index contributed by atoms with van der Waals surface area (Å²) < 4.78 is 0. The standard InChI is InChI=1S/C21H23N5O2S/c1-12-4-2-6-14(10-12)26-15-7-9-23-20-16(15)17(25-21(26)28)18(29-20)19(27)24-13-5-3-8-22-11-13/h2,4,6-7,9-10,13,17-18,22H,3,5,8,11H2,1H3,(H,24,27)(H,25,28)/t13-,17?,18?/m1/s1. The van der Waals surface area contributed by atoms with Crippen LogP contribution in [0.15, 0.2) is 41.6 Å². The molecule has 0 spiro atoms. The van der Waals surface area contributed by atoms with Gasteiger partial charge in [0.1, 0.15) is 10.3 Å². The molecule has 1 saturated heterocycles. The number of benzene rings is 1. The third-order valence-corrected chi connectivity index (χ3v) is 6.96. The van der Waals surface area contributed by atoms with Crippen molar-refractivity contribution < 1.29 is 9.59 Å². The highest BCUT2D eigenvalue weighted by Crippen LogP contribution is 2.50. The molecule has 5 rings (SSSR count). The van der Waals surface area contributed by atoms with Crippen LogP contribution in [0.3, 0.4) is 0 Å². The molecule has 4 heterocycles. The third-order valence-electron chi connectivity index (χ3n) is 5.67. The zero-order valence-electron chi connectivity index (χ0n) is 16.1. The fraction of sp³-hybridized carbons (Fsp3) is 0.381. The maximum absolute atomic E-state index is 13.1. The van der Waals surface area contributed by atoms with Crippen LogP contribution < -0.4 is 20.9 Å². The van der Waals surface area contributed by atoms with Crippen molar-refractivity contribution in [3.8, 4) is 0 Å². The van der Waals surface area contributed by atoms with Crippen molar-refractivity contribution in [1.29, 1.82) is 0 Å². The second-order valence-corrected chi connectivity index (χ2v) is 8.87. The Bertz CT molecular complexity index is 975. The number of hydrogen-bond donors (Lipinski definition) is 3. The highest BCUT2D eigenvalue weighted by atomic mass is 32.2. The van der Waals surface area contributed by atoms with Gasteiger partial charge in [0, 0.05) is 24.3 Å². The highest BCUT2D eigenvalue weighted by Gasteiger charge is 2.46. The lowest BCUT2D eigenvalue weighted by molar-refractivity contribution is -0.121. The Hall–Kier alpha value is -2.58. The summed E-state index contributed by atoms with van der Waals surface area (Å²) in [5, 5.41) is 9.93. The maximum Gasteiger partial charge on any atom is 0.327 e. The predicted molar refractivity (Wildman–Crippen MR) is 113 cm³/mol. The Kier molecular flexibility index (Phi) is 4.67.